The van der Waals surface area contributed by atoms with Gasteiger partial charge in [0.1, 0.15) is 5.75 Å². The molecule has 3 aromatic rings. The Morgan fingerprint density at radius 2 is 2.22 bits per heavy atom. The summed E-state index contributed by atoms with van der Waals surface area (Å²) < 4.78 is 12.9. The molecule has 1 aliphatic rings. The van der Waals surface area contributed by atoms with Crippen molar-refractivity contribution in [2.24, 2.45) is 7.05 Å². The number of aromatic nitrogens is 4. The largest absolute Gasteiger partial charge is 0.496 e. The van der Waals surface area contributed by atoms with Crippen molar-refractivity contribution in [2.75, 3.05) is 14.2 Å². The summed E-state index contributed by atoms with van der Waals surface area (Å²) in [6.45, 7) is 2.62. The van der Waals surface area contributed by atoms with Crippen LogP contribution in [0.4, 0.5) is 0 Å². The summed E-state index contributed by atoms with van der Waals surface area (Å²) in [5.74, 6) is 2.02. The number of benzene rings is 1. The summed E-state index contributed by atoms with van der Waals surface area (Å²) in [6, 6.07) is 6.26. The summed E-state index contributed by atoms with van der Waals surface area (Å²) in [6.07, 6.45) is 5.37. The van der Waals surface area contributed by atoms with Gasteiger partial charge in [-0.05, 0) is 44.9 Å². The third kappa shape index (κ3) is 3.35. The normalized spacial score (nSPS) is 16.6. The van der Waals surface area contributed by atoms with Crippen LogP contribution in [0, 0.1) is 6.92 Å². The lowest BCUT2D eigenvalue weighted by molar-refractivity contribution is 0.186. The van der Waals surface area contributed by atoms with E-state index in [4.69, 9.17) is 9.26 Å². The Bertz CT molecular complexity index is 946. The van der Waals surface area contributed by atoms with Crippen molar-refractivity contribution in [1.82, 2.24) is 24.8 Å². The third-order valence-corrected chi connectivity index (χ3v) is 5.40. The average molecular weight is 367 g/mol. The summed E-state index contributed by atoms with van der Waals surface area (Å²) in [7, 11) is 5.78. The Morgan fingerprint density at radius 1 is 1.37 bits per heavy atom. The van der Waals surface area contributed by atoms with Crippen molar-refractivity contribution in [3.8, 4) is 17.1 Å². The van der Waals surface area contributed by atoms with E-state index in [1.54, 1.807) is 7.11 Å². The first-order valence-electron chi connectivity index (χ1n) is 9.25. The van der Waals surface area contributed by atoms with Crippen LogP contribution in [-0.2, 0) is 20.0 Å². The lowest BCUT2D eigenvalue weighted by Crippen LogP contribution is -2.27. The Balaban J connectivity index is 1.51. The van der Waals surface area contributed by atoms with Gasteiger partial charge >= 0.3 is 0 Å². The molecule has 2 aromatic heterocycles. The fourth-order valence-corrected chi connectivity index (χ4v) is 3.86. The third-order valence-electron chi connectivity index (χ3n) is 5.40. The quantitative estimate of drug-likeness (QED) is 0.689. The summed E-state index contributed by atoms with van der Waals surface area (Å²) in [5, 5.41) is 8.59. The number of fused-ring (bicyclic) bond motifs is 1. The van der Waals surface area contributed by atoms with E-state index in [-0.39, 0.29) is 0 Å². The molecule has 142 valence electrons. The Kier molecular flexibility index (Phi) is 4.70. The fourth-order valence-electron chi connectivity index (χ4n) is 3.86. The van der Waals surface area contributed by atoms with Crippen LogP contribution in [0.25, 0.3) is 11.4 Å². The molecule has 0 saturated carbocycles. The zero-order valence-corrected chi connectivity index (χ0v) is 16.3. The van der Waals surface area contributed by atoms with Crippen LogP contribution < -0.4 is 4.74 Å². The van der Waals surface area contributed by atoms with Crippen LogP contribution in [0.15, 0.2) is 28.9 Å². The van der Waals surface area contributed by atoms with Gasteiger partial charge in [-0.25, -0.2) is 0 Å². The van der Waals surface area contributed by atoms with E-state index in [1.165, 1.54) is 17.7 Å². The average Bonchev–Trinajstić information content (AvgIpc) is 3.29. The number of methoxy groups -OCH3 is 1. The molecule has 0 spiro atoms. The molecule has 7 nitrogen and oxygen atoms in total. The molecule has 0 aliphatic heterocycles. The molecule has 27 heavy (non-hydrogen) atoms. The summed E-state index contributed by atoms with van der Waals surface area (Å²) >= 11 is 0. The van der Waals surface area contributed by atoms with Gasteiger partial charge in [0.2, 0.25) is 11.7 Å². The van der Waals surface area contributed by atoms with Gasteiger partial charge in [-0.2, -0.15) is 10.1 Å². The molecular weight excluding hydrogens is 342 g/mol. The van der Waals surface area contributed by atoms with Crippen molar-refractivity contribution in [1.29, 1.82) is 0 Å². The molecule has 4 rings (SSSR count). The van der Waals surface area contributed by atoms with Crippen molar-refractivity contribution in [3.05, 3.63) is 47.1 Å². The van der Waals surface area contributed by atoms with Gasteiger partial charge in [-0.3, -0.25) is 9.58 Å². The standard InChI is InChI=1S/C20H25N5O2/c1-13-8-9-14(10-18(13)26-4)20-22-19(27-23-20)12-24(2)16-6-5-7-17-15(16)11-21-25(17)3/h8-11,16H,5-7,12H2,1-4H3. The highest BCUT2D eigenvalue weighted by Gasteiger charge is 2.27. The molecule has 0 amide bonds. The molecule has 1 aliphatic carbocycles. The zero-order valence-electron chi connectivity index (χ0n) is 16.3. The Morgan fingerprint density at radius 3 is 3.04 bits per heavy atom. The lowest BCUT2D eigenvalue weighted by atomic mass is 9.92. The number of ether oxygens (including phenoxy) is 1. The molecule has 0 bridgehead atoms. The van der Waals surface area contributed by atoms with E-state index in [0.717, 1.165) is 29.7 Å². The topological polar surface area (TPSA) is 69.2 Å². The van der Waals surface area contributed by atoms with E-state index in [2.05, 4.69) is 27.2 Å². The minimum absolute atomic E-state index is 0.331. The van der Waals surface area contributed by atoms with Crippen molar-refractivity contribution in [2.45, 2.75) is 38.8 Å². The van der Waals surface area contributed by atoms with Gasteiger partial charge in [0.05, 0.1) is 19.9 Å². The van der Waals surface area contributed by atoms with Crippen LogP contribution in [0.3, 0.4) is 0 Å². The molecular formula is C20H25N5O2. The maximum atomic E-state index is 5.51. The highest BCUT2D eigenvalue weighted by atomic mass is 16.5. The number of nitrogens with zero attached hydrogens (tertiary/aromatic N) is 5. The minimum atomic E-state index is 0.331. The molecule has 1 aromatic carbocycles. The minimum Gasteiger partial charge on any atom is -0.496 e. The van der Waals surface area contributed by atoms with Gasteiger partial charge in [-0.15, -0.1) is 0 Å². The van der Waals surface area contributed by atoms with Crippen molar-refractivity contribution < 1.29 is 9.26 Å². The first kappa shape index (κ1) is 17.7. The van der Waals surface area contributed by atoms with Gasteiger partial charge in [0.15, 0.2) is 0 Å². The fraction of sp³-hybridized carbons (Fsp3) is 0.450. The second-order valence-electron chi connectivity index (χ2n) is 7.19. The summed E-state index contributed by atoms with van der Waals surface area (Å²) in [4.78, 5) is 6.86. The van der Waals surface area contributed by atoms with Gasteiger partial charge in [0, 0.05) is 29.9 Å². The second-order valence-corrected chi connectivity index (χ2v) is 7.19. The summed E-state index contributed by atoms with van der Waals surface area (Å²) in [5.41, 5.74) is 4.61. The Hall–Kier alpha value is -2.67. The van der Waals surface area contributed by atoms with Crippen molar-refractivity contribution in [3.63, 3.8) is 0 Å². The van der Waals surface area contributed by atoms with Crippen LogP contribution in [0.5, 0.6) is 5.75 Å². The van der Waals surface area contributed by atoms with E-state index in [0.29, 0.717) is 24.3 Å². The molecule has 1 unspecified atom stereocenters. The van der Waals surface area contributed by atoms with E-state index in [9.17, 15) is 0 Å². The van der Waals surface area contributed by atoms with Gasteiger partial charge < -0.3 is 9.26 Å². The van der Waals surface area contributed by atoms with Gasteiger partial charge in [0.25, 0.3) is 0 Å². The monoisotopic (exact) mass is 367 g/mol. The molecule has 2 heterocycles. The molecule has 7 heteroatoms. The number of hydrogen-bond acceptors (Lipinski definition) is 6. The first-order valence-corrected chi connectivity index (χ1v) is 9.25. The molecule has 0 N–H and O–H groups in total. The zero-order chi connectivity index (χ0) is 19.0. The highest BCUT2D eigenvalue weighted by molar-refractivity contribution is 5.58. The maximum absolute atomic E-state index is 5.51. The van der Waals surface area contributed by atoms with Crippen LogP contribution in [0.1, 0.15) is 41.6 Å². The molecule has 0 radical (unpaired) electrons. The second kappa shape index (κ2) is 7.15. The lowest BCUT2D eigenvalue weighted by Gasteiger charge is -2.30. The van der Waals surface area contributed by atoms with Crippen molar-refractivity contribution >= 4 is 0 Å². The predicted octanol–water partition coefficient (Wildman–Crippen LogP) is 3.30. The van der Waals surface area contributed by atoms with Crippen LogP contribution in [-0.4, -0.2) is 39.0 Å². The Labute approximate surface area is 158 Å². The number of hydrogen-bond donors (Lipinski definition) is 0. The maximum Gasteiger partial charge on any atom is 0.241 e. The van der Waals surface area contributed by atoms with Crippen LogP contribution >= 0.6 is 0 Å². The first-order chi connectivity index (χ1) is 13.1. The van der Waals surface area contributed by atoms with E-state index in [1.807, 2.05) is 43.0 Å². The van der Waals surface area contributed by atoms with E-state index < -0.39 is 0 Å². The number of aryl methyl sites for hydroxylation is 2. The predicted molar refractivity (Wildman–Crippen MR) is 101 cm³/mol. The molecule has 0 saturated heterocycles. The van der Waals surface area contributed by atoms with Gasteiger partial charge in [-0.1, -0.05) is 17.3 Å². The highest BCUT2D eigenvalue weighted by Crippen LogP contribution is 2.34. The smallest absolute Gasteiger partial charge is 0.241 e. The number of rotatable bonds is 5. The molecule has 0 fully saturated rings. The van der Waals surface area contributed by atoms with E-state index >= 15 is 0 Å². The SMILES string of the molecule is COc1cc(-c2noc(CN(C)C3CCCc4c3cnn4C)n2)ccc1C. The van der Waals surface area contributed by atoms with Crippen LogP contribution in [0.2, 0.25) is 0 Å². The molecule has 1 atom stereocenters.